The monoisotopic (exact) mass is 745 g/mol. The van der Waals surface area contributed by atoms with E-state index in [0.29, 0.717) is 11.4 Å². The average molecular weight is 746 g/mol. The van der Waals surface area contributed by atoms with Crippen LogP contribution in [0.4, 0.5) is 17.1 Å². The second-order valence-electron chi connectivity index (χ2n) is 15.7. The Morgan fingerprint density at radius 1 is 0.483 bits per heavy atom. The molecule has 0 spiro atoms. The smallest absolute Gasteiger partial charge is 0.180 e. The molecule has 0 saturated heterocycles. The molecule has 3 heterocycles. The molecule has 0 radical (unpaired) electrons. The quantitative estimate of drug-likeness (QED) is 0.176. The van der Waals surface area contributed by atoms with Crippen molar-refractivity contribution in [3.8, 4) is 33.8 Å². The molecule has 5 nitrogen and oxygen atoms in total. The third-order valence-electron chi connectivity index (χ3n) is 12.1. The molecule has 0 atom stereocenters. The Balaban J connectivity index is 1.16. The first-order chi connectivity index (χ1) is 28.5. The van der Waals surface area contributed by atoms with Gasteiger partial charge in [-0.2, -0.15) is 0 Å². The van der Waals surface area contributed by atoms with E-state index in [-0.39, 0.29) is 5.41 Å². The van der Waals surface area contributed by atoms with Crippen LogP contribution in [0, 0.1) is 0 Å². The maximum atomic E-state index is 7.21. The van der Waals surface area contributed by atoms with E-state index >= 15 is 0 Å². The molecule has 1 aliphatic carbocycles. The van der Waals surface area contributed by atoms with Crippen molar-refractivity contribution in [2.75, 3.05) is 4.90 Å². The summed E-state index contributed by atoms with van der Waals surface area (Å²) in [5, 5.41) is 5.08. The van der Waals surface area contributed by atoms with Crippen LogP contribution in [0.3, 0.4) is 0 Å². The summed E-state index contributed by atoms with van der Waals surface area (Å²) in [5.74, 6) is 0.605. The summed E-state index contributed by atoms with van der Waals surface area (Å²) in [6.07, 6.45) is 0. The summed E-state index contributed by atoms with van der Waals surface area (Å²) < 4.78 is 13.7. The standard InChI is InChI=1S/C53H35N3O2/c1-53(2)42-23-13-11-21-37(42)38-28-26-35(31-43(38)53)56(34-18-7-4-8-19-34)44-30-29-41(46-40-27-25-32-15-9-10-20-36(32)49(40)58-50(44)46)52-54-47(33-16-5-3-6-17-33)51-48(55-52)39-22-12-14-24-45(39)57-51/h3-31H,1-2H3. The Morgan fingerprint density at radius 3 is 2.05 bits per heavy atom. The minimum absolute atomic E-state index is 0.161. The zero-order valence-electron chi connectivity index (χ0n) is 31.9. The highest BCUT2D eigenvalue weighted by atomic mass is 16.3. The van der Waals surface area contributed by atoms with E-state index in [1.807, 2.05) is 36.4 Å². The van der Waals surface area contributed by atoms with Gasteiger partial charge in [0, 0.05) is 49.5 Å². The molecule has 11 aromatic rings. The van der Waals surface area contributed by atoms with Crippen molar-refractivity contribution in [2.45, 2.75) is 19.3 Å². The van der Waals surface area contributed by atoms with Gasteiger partial charge in [0.2, 0.25) is 0 Å². The molecule has 274 valence electrons. The number of hydrogen-bond donors (Lipinski definition) is 0. The Bertz CT molecular complexity index is 3430. The van der Waals surface area contributed by atoms with Crippen molar-refractivity contribution in [3.63, 3.8) is 0 Å². The third-order valence-corrected chi connectivity index (χ3v) is 12.1. The van der Waals surface area contributed by atoms with Crippen LogP contribution in [0.1, 0.15) is 25.0 Å². The molecule has 0 unspecified atom stereocenters. The van der Waals surface area contributed by atoms with E-state index in [0.717, 1.165) is 83.1 Å². The molecule has 58 heavy (non-hydrogen) atoms. The normalized spacial score (nSPS) is 13.1. The van der Waals surface area contributed by atoms with Gasteiger partial charge in [0.05, 0.1) is 5.69 Å². The number of nitrogens with zero attached hydrogens (tertiary/aromatic N) is 3. The molecule has 0 N–H and O–H groups in total. The molecule has 0 fully saturated rings. The second kappa shape index (κ2) is 12.2. The first-order valence-corrected chi connectivity index (χ1v) is 19.7. The summed E-state index contributed by atoms with van der Waals surface area (Å²) in [4.78, 5) is 13.0. The van der Waals surface area contributed by atoms with Gasteiger partial charge in [0.25, 0.3) is 0 Å². The summed E-state index contributed by atoms with van der Waals surface area (Å²) >= 11 is 0. The van der Waals surface area contributed by atoms with Gasteiger partial charge in [0.15, 0.2) is 17.0 Å². The fraction of sp³-hybridized carbons (Fsp3) is 0.0566. The van der Waals surface area contributed by atoms with Crippen LogP contribution in [-0.2, 0) is 5.41 Å². The molecule has 0 amide bonds. The average Bonchev–Trinajstić information content (AvgIpc) is 3.93. The van der Waals surface area contributed by atoms with Crippen molar-refractivity contribution < 1.29 is 8.83 Å². The van der Waals surface area contributed by atoms with Crippen LogP contribution in [0.15, 0.2) is 185 Å². The van der Waals surface area contributed by atoms with E-state index in [4.69, 9.17) is 18.8 Å². The van der Waals surface area contributed by atoms with Gasteiger partial charge in [-0.25, -0.2) is 9.97 Å². The number of fused-ring (bicyclic) bond motifs is 11. The van der Waals surface area contributed by atoms with Gasteiger partial charge in [-0.3, -0.25) is 0 Å². The van der Waals surface area contributed by atoms with Crippen LogP contribution in [0.25, 0.3) is 88.6 Å². The van der Waals surface area contributed by atoms with Crippen LogP contribution in [0.5, 0.6) is 0 Å². The maximum Gasteiger partial charge on any atom is 0.180 e. The summed E-state index contributed by atoms with van der Waals surface area (Å²) in [6, 6.07) is 61.7. The maximum absolute atomic E-state index is 7.21. The van der Waals surface area contributed by atoms with E-state index in [2.05, 4.69) is 158 Å². The van der Waals surface area contributed by atoms with Gasteiger partial charge in [-0.15, -0.1) is 0 Å². The van der Waals surface area contributed by atoms with Crippen LogP contribution in [0.2, 0.25) is 0 Å². The number of benzene rings is 8. The van der Waals surface area contributed by atoms with Crippen molar-refractivity contribution in [1.29, 1.82) is 0 Å². The highest BCUT2D eigenvalue weighted by molar-refractivity contribution is 6.22. The number of para-hydroxylation sites is 2. The first kappa shape index (κ1) is 32.7. The van der Waals surface area contributed by atoms with Gasteiger partial charge in [0.1, 0.15) is 22.4 Å². The van der Waals surface area contributed by atoms with Crippen molar-refractivity contribution in [1.82, 2.24) is 9.97 Å². The Hall–Kier alpha value is -7.50. The third kappa shape index (κ3) is 4.71. The van der Waals surface area contributed by atoms with Crippen molar-refractivity contribution in [3.05, 3.63) is 187 Å². The lowest BCUT2D eigenvalue weighted by Crippen LogP contribution is -2.16. The first-order valence-electron chi connectivity index (χ1n) is 19.7. The van der Waals surface area contributed by atoms with Gasteiger partial charge in [-0.1, -0.05) is 135 Å². The Morgan fingerprint density at radius 2 is 1.19 bits per heavy atom. The van der Waals surface area contributed by atoms with E-state index in [1.165, 1.54) is 22.3 Å². The summed E-state index contributed by atoms with van der Waals surface area (Å²) in [5.41, 5.74) is 14.5. The summed E-state index contributed by atoms with van der Waals surface area (Å²) in [6.45, 7) is 4.66. The lowest BCUT2D eigenvalue weighted by Gasteiger charge is -2.28. The minimum atomic E-state index is -0.161. The minimum Gasteiger partial charge on any atom is -0.453 e. The van der Waals surface area contributed by atoms with Crippen LogP contribution < -0.4 is 4.90 Å². The van der Waals surface area contributed by atoms with Gasteiger partial charge >= 0.3 is 0 Å². The Labute approximate surface area is 334 Å². The molecule has 12 rings (SSSR count). The number of rotatable bonds is 5. The zero-order valence-corrected chi connectivity index (χ0v) is 31.9. The number of aromatic nitrogens is 2. The molecule has 0 bridgehead atoms. The summed E-state index contributed by atoms with van der Waals surface area (Å²) in [7, 11) is 0. The molecule has 8 aromatic carbocycles. The predicted octanol–water partition coefficient (Wildman–Crippen LogP) is 14.5. The number of furan rings is 2. The molecule has 0 saturated carbocycles. The van der Waals surface area contributed by atoms with E-state index < -0.39 is 0 Å². The molecule has 3 aromatic heterocycles. The fourth-order valence-corrected chi connectivity index (χ4v) is 9.30. The van der Waals surface area contributed by atoms with E-state index in [9.17, 15) is 0 Å². The lowest BCUT2D eigenvalue weighted by atomic mass is 9.82. The largest absolute Gasteiger partial charge is 0.453 e. The van der Waals surface area contributed by atoms with Crippen molar-refractivity contribution in [2.24, 2.45) is 0 Å². The zero-order chi connectivity index (χ0) is 38.5. The van der Waals surface area contributed by atoms with Crippen LogP contribution >= 0.6 is 0 Å². The topological polar surface area (TPSA) is 55.3 Å². The second-order valence-corrected chi connectivity index (χ2v) is 15.7. The van der Waals surface area contributed by atoms with E-state index in [1.54, 1.807) is 0 Å². The molecular weight excluding hydrogens is 711 g/mol. The Kier molecular flexibility index (Phi) is 6.91. The highest BCUT2D eigenvalue weighted by Crippen LogP contribution is 2.52. The molecular formula is C53H35N3O2. The molecule has 0 aliphatic heterocycles. The van der Waals surface area contributed by atoms with Crippen molar-refractivity contribution >= 4 is 71.8 Å². The molecule has 5 heteroatoms. The highest BCUT2D eigenvalue weighted by Gasteiger charge is 2.36. The van der Waals surface area contributed by atoms with Gasteiger partial charge in [-0.05, 0) is 82.2 Å². The SMILES string of the molecule is CC1(C)c2ccccc2-c2ccc(N(c3ccccc3)c3ccc(-c4nc(-c5ccccc5)c5oc6ccccc6c5n4)c4c3oc3c5ccccc5ccc34)cc21. The fourth-order valence-electron chi connectivity index (χ4n) is 9.30. The molecule has 1 aliphatic rings. The van der Waals surface area contributed by atoms with Gasteiger partial charge < -0.3 is 13.7 Å². The number of hydrogen-bond acceptors (Lipinski definition) is 5. The predicted molar refractivity (Wildman–Crippen MR) is 237 cm³/mol. The number of anilines is 3. The van der Waals surface area contributed by atoms with Crippen LogP contribution in [-0.4, -0.2) is 9.97 Å². The lowest BCUT2D eigenvalue weighted by molar-refractivity contribution is 0.660.